The van der Waals surface area contributed by atoms with E-state index in [1.807, 2.05) is 6.92 Å². The quantitative estimate of drug-likeness (QED) is 0.523. The Morgan fingerprint density at radius 2 is 1.71 bits per heavy atom. The molecule has 0 atom stereocenters. The lowest BCUT2D eigenvalue weighted by atomic mass is 10.1. The highest BCUT2D eigenvalue weighted by Gasteiger charge is 2.28. The third-order valence-electron chi connectivity index (χ3n) is 4.41. The fourth-order valence-electron chi connectivity index (χ4n) is 3.06. The Morgan fingerprint density at radius 1 is 1.10 bits per heavy atom. The molecule has 0 aliphatic carbocycles. The first kappa shape index (κ1) is 24.6. The molecule has 2 aromatic rings. The highest BCUT2D eigenvalue weighted by molar-refractivity contribution is 7.89. The minimum atomic E-state index is -3.75. The Hall–Kier alpha value is -2.69. The van der Waals surface area contributed by atoms with Crippen LogP contribution < -0.4 is 10.5 Å². The standard InChI is InChI=1S/C21H29N3O6S/c1-6-15-17(19(25)29-5)16(24-18(15)20(26)30-21(2,3)4)12-23-11-13-7-9-14(10-8-13)31(22,27)28/h7-10,23-24H,6,11-12H2,1-5H3,(H2,22,27,28). The van der Waals surface area contributed by atoms with E-state index >= 15 is 0 Å². The van der Waals surface area contributed by atoms with Gasteiger partial charge in [0, 0.05) is 18.8 Å². The smallest absolute Gasteiger partial charge is 0.355 e. The number of nitrogens with two attached hydrogens (primary N) is 1. The van der Waals surface area contributed by atoms with E-state index < -0.39 is 27.6 Å². The summed E-state index contributed by atoms with van der Waals surface area (Å²) in [5, 5.41) is 8.28. The summed E-state index contributed by atoms with van der Waals surface area (Å²) in [5.41, 5.74) is 1.72. The molecule has 0 spiro atoms. The van der Waals surface area contributed by atoms with E-state index in [9.17, 15) is 18.0 Å². The monoisotopic (exact) mass is 451 g/mol. The van der Waals surface area contributed by atoms with Gasteiger partial charge in [0.05, 0.1) is 17.6 Å². The van der Waals surface area contributed by atoms with Crippen molar-refractivity contribution in [3.63, 3.8) is 0 Å². The molecule has 1 aromatic carbocycles. The molecule has 0 saturated carbocycles. The van der Waals surface area contributed by atoms with Crippen LogP contribution in [0.5, 0.6) is 0 Å². The number of esters is 2. The number of hydrogen-bond acceptors (Lipinski definition) is 7. The van der Waals surface area contributed by atoms with Gasteiger partial charge < -0.3 is 19.8 Å². The summed E-state index contributed by atoms with van der Waals surface area (Å²) in [6.45, 7) is 7.79. The van der Waals surface area contributed by atoms with Crippen LogP contribution in [0.4, 0.5) is 0 Å². The number of aromatic nitrogens is 1. The number of hydrogen-bond donors (Lipinski definition) is 3. The van der Waals surface area contributed by atoms with Gasteiger partial charge in [-0.05, 0) is 50.5 Å². The van der Waals surface area contributed by atoms with Gasteiger partial charge >= 0.3 is 11.9 Å². The Kier molecular flexibility index (Phi) is 7.63. The molecule has 9 nitrogen and oxygen atoms in total. The summed E-state index contributed by atoms with van der Waals surface area (Å²) in [5.74, 6) is -1.09. The van der Waals surface area contributed by atoms with Crippen LogP contribution >= 0.6 is 0 Å². The number of ether oxygens (including phenoxy) is 2. The van der Waals surface area contributed by atoms with Crippen molar-refractivity contribution in [3.05, 3.63) is 52.3 Å². The number of nitrogens with one attached hydrogen (secondary N) is 2. The molecule has 170 valence electrons. The number of methoxy groups -OCH3 is 1. The molecule has 0 saturated heterocycles. The molecule has 1 heterocycles. The number of aromatic amines is 1. The molecular weight excluding hydrogens is 422 g/mol. The zero-order valence-electron chi connectivity index (χ0n) is 18.4. The zero-order valence-corrected chi connectivity index (χ0v) is 19.2. The van der Waals surface area contributed by atoms with Gasteiger partial charge in [0.25, 0.3) is 0 Å². The van der Waals surface area contributed by atoms with E-state index in [-0.39, 0.29) is 17.1 Å². The van der Waals surface area contributed by atoms with Crippen LogP contribution in [0.15, 0.2) is 29.2 Å². The summed E-state index contributed by atoms with van der Waals surface area (Å²) in [4.78, 5) is 28.1. The van der Waals surface area contributed by atoms with Crippen molar-refractivity contribution in [2.24, 2.45) is 5.14 Å². The van der Waals surface area contributed by atoms with Crippen LogP contribution in [0, 0.1) is 0 Å². The number of carbonyl (C=O) groups is 2. The first-order valence-electron chi connectivity index (χ1n) is 9.75. The number of H-pyrrole nitrogens is 1. The number of rotatable bonds is 8. The lowest BCUT2D eigenvalue weighted by Crippen LogP contribution is -2.24. The van der Waals surface area contributed by atoms with Gasteiger partial charge in [0.15, 0.2) is 0 Å². The molecular formula is C21H29N3O6S. The van der Waals surface area contributed by atoms with Crippen LogP contribution in [0.1, 0.15) is 65.4 Å². The minimum absolute atomic E-state index is 0.0307. The van der Waals surface area contributed by atoms with Crippen LogP contribution in [0.3, 0.4) is 0 Å². The summed E-state index contributed by atoms with van der Waals surface area (Å²) in [7, 11) is -2.46. The molecule has 10 heteroatoms. The Bertz CT molecular complexity index is 1050. The van der Waals surface area contributed by atoms with Crippen molar-refractivity contribution in [3.8, 4) is 0 Å². The summed E-state index contributed by atoms with van der Waals surface area (Å²) < 4.78 is 33.1. The highest BCUT2D eigenvalue weighted by atomic mass is 32.2. The van der Waals surface area contributed by atoms with E-state index in [1.165, 1.54) is 19.2 Å². The molecule has 31 heavy (non-hydrogen) atoms. The van der Waals surface area contributed by atoms with Crippen LogP contribution in [-0.2, 0) is 39.0 Å². The minimum Gasteiger partial charge on any atom is -0.465 e. The summed E-state index contributed by atoms with van der Waals surface area (Å²) in [6, 6.07) is 6.14. The third-order valence-corrected chi connectivity index (χ3v) is 5.34. The Balaban J connectivity index is 2.24. The average Bonchev–Trinajstić information content (AvgIpc) is 3.04. The van der Waals surface area contributed by atoms with Crippen LogP contribution in [0.25, 0.3) is 0 Å². The van der Waals surface area contributed by atoms with Crippen molar-refractivity contribution in [1.82, 2.24) is 10.3 Å². The van der Waals surface area contributed by atoms with Crippen molar-refractivity contribution >= 4 is 22.0 Å². The molecule has 0 radical (unpaired) electrons. The van der Waals surface area contributed by atoms with E-state index in [4.69, 9.17) is 14.6 Å². The average molecular weight is 452 g/mol. The van der Waals surface area contributed by atoms with E-state index in [2.05, 4.69) is 10.3 Å². The van der Waals surface area contributed by atoms with Crippen molar-refractivity contribution in [2.45, 2.75) is 57.7 Å². The Labute approximate surface area is 182 Å². The SMILES string of the molecule is CCc1c(C(=O)OC(C)(C)C)[nH]c(CNCc2ccc(S(N)(=O)=O)cc2)c1C(=O)OC. The van der Waals surface area contributed by atoms with Gasteiger partial charge in [-0.2, -0.15) is 0 Å². The lowest BCUT2D eigenvalue weighted by Gasteiger charge is -2.19. The number of carbonyl (C=O) groups excluding carboxylic acids is 2. The second-order valence-corrected chi connectivity index (χ2v) is 9.53. The maximum absolute atomic E-state index is 12.6. The van der Waals surface area contributed by atoms with E-state index in [1.54, 1.807) is 32.9 Å². The molecule has 0 aliphatic rings. The maximum atomic E-state index is 12.6. The first-order valence-corrected chi connectivity index (χ1v) is 11.3. The predicted octanol–water partition coefficient (Wildman–Crippen LogP) is 2.26. The lowest BCUT2D eigenvalue weighted by molar-refractivity contribution is 0.00621. The van der Waals surface area contributed by atoms with Crippen LogP contribution in [0.2, 0.25) is 0 Å². The highest BCUT2D eigenvalue weighted by Crippen LogP contribution is 2.24. The molecule has 0 amide bonds. The number of benzene rings is 1. The molecule has 0 unspecified atom stereocenters. The van der Waals surface area contributed by atoms with Gasteiger partial charge in [0.1, 0.15) is 11.3 Å². The fourth-order valence-corrected chi connectivity index (χ4v) is 3.58. The van der Waals surface area contributed by atoms with Gasteiger partial charge in [-0.3, -0.25) is 0 Å². The van der Waals surface area contributed by atoms with Gasteiger partial charge in [0.2, 0.25) is 10.0 Å². The summed E-state index contributed by atoms with van der Waals surface area (Å²) in [6.07, 6.45) is 0.435. The van der Waals surface area contributed by atoms with Gasteiger partial charge in [-0.1, -0.05) is 19.1 Å². The van der Waals surface area contributed by atoms with Gasteiger partial charge in [-0.25, -0.2) is 23.1 Å². The Morgan fingerprint density at radius 3 is 2.19 bits per heavy atom. The fraction of sp³-hybridized carbons (Fsp3) is 0.429. The molecule has 0 fully saturated rings. The molecule has 2 rings (SSSR count). The third kappa shape index (κ3) is 6.39. The second-order valence-electron chi connectivity index (χ2n) is 7.97. The van der Waals surface area contributed by atoms with Crippen molar-refractivity contribution in [1.29, 1.82) is 0 Å². The zero-order chi connectivity index (χ0) is 23.4. The van der Waals surface area contributed by atoms with Crippen LogP contribution in [-0.4, -0.2) is 38.1 Å². The summed E-state index contributed by atoms with van der Waals surface area (Å²) >= 11 is 0. The molecule has 0 aliphatic heterocycles. The normalized spacial score (nSPS) is 11.9. The largest absolute Gasteiger partial charge is 0.465 e. The molecule has 0 bridgehead atoms. The topological polar surface area (TPSA) is 141 Å². The maximum Gasteiger partial charge on any atom is 0.355 e. The first-order chi connectivity index (χ1) is 14.4. The van der Waals surface area contributed by atoms with Gasteiger partial charge in [-0.15, -0.1) is 0 Å². The van der Waals surface area contributed by atoms with E-state index in [0.29, 0.717) is 29.8 Å². The number of sulfonamides is 1. The second kappa shape index (κ2) is 9.63. The van der Waals surface area contributed by atoms with E-state index in [0.717, 1.165) is 5.56 Å². The van der Waals surface area contributed by atoms with Crippen molar-refractivity contribution < 1.29 is 27.5 Å². The molecule has 4 N–H and O–H groups in total. The number of primary sulfonamides is 1. The predicted molar refractivity (Wildman–Crippen MR) is 115 cm³/mol. The van der Waals surface area contributed by atoms with Crippen molar-refractivity contribution in [2.75, 3.05) is 7.11 Å². The molecule has 1 aromatic heterocycles.